The zero-order valence-corrected chi connectivity index (χ0v) is 16.9. The van der Waals surface area contributed by atoms with Gasteiger partial charge < -0.3 is 13.8 Å². The lowest BCUT2D eigenvalue weighted by molar-refractivity contribution is -0.140. The summed E-state index contributed by atoms with van der Waals surface area (Å²) in [6, 6.07) is 7.45. The number of carbonyl (C=O) groups is 1. The molecule has 1 aliphatic rings. The van der Waals surface area contributed by atoms with Gasteiger partial charge in [0.25, 0.3) is 0 Å². The maximum Gasteiger partial charge on any atom is 0.350 e. The molecule has 0 amide bonds. The van der Waals surface area contributed by atoms with E-state index in [0.717, 1.165) is 0 Å². The number of benzene rings is 1. The topological polar surface area (TPSA) is 108 Å². The average Bonchev–Trinajstić information content (AvgIpc) is 2.94. The second-order valence-electron chi connectivity index (χ2n) is 5.46. The number of carbonyl (C=O) groups excluding carboxylic acids is 1. The normalized spacial score (nSPS) is 22.2. The molecule has 11 heteroatoms. The van der Waals surface area contributed by atoms with Crippen LogP contribution >= 0.6 is 19.2 Å². The zero-order chi connectivity index (χ0) is 19.4. The van der Waals surface area contributed by atoms with E-state index in [0.29, 0.717) is 0 Å². The van der Waals surface area contributed by atoms with Crippen LogP contribution in [0.5, 0.6) is 0 Å². The summed E-state index contributed by atoms with van der Waals surface area (Å²) in [6.07, 6.45) is -0.0422. The number of hydrogen-bond donors (Lipinski definition) is 1. The fraction of sp³-hybridized carbons (Fsp3) is 0.533. The summed E-state index contributed by atoms with van der Waals surface area (Å²) in [5.74, 6) is -2.52. The molecule has 1 aliphatic heterocycles. The zero-order valence-electron chi connectivity index (χ0n) is 14.4. The highest BCUT2D eigenvalue weighted by Gasteiger charge is 2.59. The molecule has 0 saturated carbocycles. The van der Waals surface area contributed by atoms with Crippen molar-refractivity contribution in [1.82, 2.24) is 4.72 Å². The lowest BCUT2D eigenvalue weighted by atomic mass is 10.1. The largest absolute Gasteiger partial charge is 0.464 e. The lowest BCUT2D eigenvalue weighted by Gasteiger charge is -2.33. The molecule has 8 nitrogen and oxygen atoms in total. The predicted molar refractivity (Wildman–Crippen MR) is 95.6 cm³/mol. The van der Waals surface area contributed by atoms with Crippen LogP contribution in [-0.4, -0.2) is 44.9 Å². The van der Waals surface area contributed by atoms with Crippen LogP contribution in [0.4, 0.5) is 0 Å². The Hall–Kier alpha value is -0.960. The molecule has 1 aromatic rings. The molecule has 1 fully saturated rings. The smallest absolute Gasteiger partial charge is 0.350 e. The monoisotopic (exact) mass is 425 g/mol. The van der Waals surface area contributed by atoms with Gasteiger partial charge in [-0.1, -0.05) is 18.2 Å². The fourth-order valence-corrected chi connectivity index (χ4v) is 7.05. The lowest BCUT2D eigenvalue weighted by Crippen LogP contribution is -2.52. The molecule has 2 atom stereocenters. The Morgan fingerprint density at radius 1 is 1.27 bits per heavy atom. The molecule has 0 aromatic heterocycles. The van der Waals surface area contributed by atoms with Crippen LogP contribution in [0.25, 0.3) is 0 Å². The molecule has 2 rings (SSSR count). The number of alkyl halides is 1. The minimum atomic E-state index is -4.15. The van der Waals surface area contributed by atoms with Crippen LogP contribution < -0.4 is 4.72 Å². The first kappa shape index (κ1) is 21.3. The van der Waals surface area contributed by atoms with Crippen LogP contribution in [0.2, 0.25) is 0 Å². The molecular weight excluding hydrogens is 405 g/mol. The Morgan fingerprint density at radius 2 is 1.85 bits per heavy atom. The first-order chi connectivity index (χ1) is 12.2. The van der Waals surface area contributed by atoms with Gasteiger partial charge in [-0.2, -0.15) is 4.72 Å². The molecule has 26 heavy (non-hydrogen) atoms. The van der Waals surface area contributed by atoms with Crippen LogP contribution in [0.1, 0.15) is 20.3 Å². The number of cyclic esters (lactones) is 1. The van der Waals surface area contributed by atoms with E-state index >= 15 is 0 Å². The van der Waals surface area contributed by atoms with Crippen molar-refractivity contribution in [3.63, 3.8) is 0 Å². The summed E-state index contributed by atoms with van der Waals surface area (Å²) >= 11 is 6.40. The predicted octanol–water partition coefficient (Wildman–Crippen LogP) is 2.48. The quantitative estimate of drug-likeness (QED) is 0.368. The Balaban J connectivity index is 2.51. The summed E-state index contributed by atoms with van der Waals surface area (Å²) in [5.41, 5.74) is 0. The Labute approximate surface area is 157 Å². The number of rotatable bonds is 9. The number of hydrogen-bond acceptors (Lipinski definition) is 7. The summed E-state index contributed by atoms with van der Waals surface area (Å²) in [5, 5.41) is 0. The number of halogens is 1. The summed E-state index contributed by atoms with van der Waals surface area (Å²) in [7, 11) is -8.27. The van der Waals surface area contributed by atoms with Gasteiger partial charge in [0.05, 0.1) is 24.7 Å². The second-order valence-corrected chi connectivity index (χ2v) is 9.96. The highest BCUT2D eigenvalue weighted by Crippen LogP contribution is 2.58. The Morgan fingerprint density at radius 3 is 2.31 bits per heavy atom. The van der Waals surface area contributed by atoms with Crippen molar-refractivity contribution in [2.24, 2.45) is 0 Å². The highest BCUT2D eigenvalue weighted by molar-refractivity contribution is 7.89. The van der Waals surface area contributed by atoms with Gasteiger partial charge in [-0.3, -0.25) is 9.36 Å². The van der Waals surface area contributed by atoms with E-state index in [-0.39, 0.29) is 31.1 Å². The van der Waals surface area contributed by atoms with Crippen molar-refractivity contribution in [2.75, 3.05) is 19.8 Å². The van der Waals surface area contributed by atoms with Crippen molar-refractivity contribution in [3.05, 3.63) is 30.3 Å². The van der Waals surface area contributed by atoms with E-state index in [1.807, 2.05) is 0 Å². The summed E-state index contributed by atoms with van der Waals surface area (Å²) in [6.45, 7) is 3.07. The van der Waals surface area contributed by atoms with Crippen molar-refractivity contribution >= 4 is 35.2 Å². The van der Waals surface area contributed by atoms with Crippen molar-refractivity contribution in [3.8, 4) is 0 Å². The summed E-state index contributed by atoms with van der Waals surface area (Å²) in [4.78, 5) is 10.2. The molecule has 1 N–H and O–H groups in total. The van der Waals surface area contributed by atoms with Gasteiger partial charge in [0.15, 0.2) is 10.7 Å². The highest BCUT2D eigenvalue weighted by atomic mass is 35.5. The maximum atomic E-state index is 13.3. The first-order valence-electron chi connectivity index (χ1n) is 8.02. The van der Waals surface area contributed by atoms with Crippen molar-refractivity contribution in [1.29, 1.82) is 0 Å². The number of nitrogens with one attached hydrogen (secondary N) is 1. The van der Waals surface area contributed by atoms with Crippen LogP contribution in [0, 0.1) is 0 Å². The summed E-state index contributed by atoms with van der Waals surface area (Å²) < 4.78 is 56.4. The van der Waals surface area contributed by atoms with Crippen molar-refractivity contribution < 1.29 is 31.6 Å². The maximum absolute atomic E-state index is 13.3. The van der Waals surface area contributed by atoms with Gasteiger partial charge in [-0.25, -0.2) is 8.42 Å². The SMILES string of the molecule is CCOP(=O)(OCC)C(NS(=O)(=O)c1ccccc1)C1(Cl)CCOC1=O. The molecule has 1 aromatic carbocycles. The first-order valence-corrected chi connectivity index (χ1v) is 11.5. The van der Waals surface area contributed by atoms with E-state index in [9.17, 15) is 17.8 Å². The van der Waals surface area contributed by atoms with Gasteiger partial charge >= 0.3 is 13.6 Å². The van der Waals surface area contributed by atoms with Gasteiger partial charge in [0, 0.05) is 6.42 Å². The molecule has 0 radical (unpaired) electrons. The number of ether oxygens (including phenoxy) is 1. The van der Waals surface area contributed by atoms with Crippen LogP contribution in [0.3, 0.4) is 0 Å². The molecular formula is C15H21ClNO7PS. The van der Waals surface area contributed by atoms with E-state index in [1.165, 1.54) is 24.3 Å². The molecule has 0 aliphatic carbocycles. The van der Waals surface area contributed by atoms with Gasteiger partial charge in [0.1, 0.15) is 0 Å². The molecule has 1 saturated heterocycles. The number of sulfonamides is 1. The molecule has 0 spiro atoms. The molecule has 0 bridgehead atoms. The third-order valence-electron chi connectivity index (χ3n) is 3.73. The standard InChI is InChI=1S/C15H21ClNO7PS/c1-3-23-25(19,24-4-2)13(15(16)10-11-22-14(15)18)17-26(20,21)12-8-6-5-7-9-12/h5-9,13,17H,3-4,10-11H2,1-2H3. The number of esters is 1. The van der Waals surface area contributed by atoms with E-state index in [1.54, 1.807) is 19.9 Å². The van der Waals surface area contributed by atoms with E-state index in [2.05, 4.69) is 4.72 Å². The van der Waals surface area contributed by atoms with Gasteiger partial charge in [0.2, 0.25) is 10.0 Å². The fourth-order valence-electron chi connectivity index (χ4n) is 2.53. The minimum Gasteiger partial charge on any atom is -0.464 e. The minimum absolute atomic E-state index is 0.0237. The van der Waals surface area contributed by atoms with E-state index in [4.69, 9.17) is 25.4 Å². The second kappa shape index (κ2) is 8.37. The third kappa shape index (κ3) is 4.30. The Kier molecular flexibility index (Phi) is 6.87. The molecule has 2 unspecified atom stereocenters. The average molecular weight is 426 g/mol. The van der Waals surface area contributed by atoms with E-state index < -0.39 is 34.2 Å². The van der Waals surface area contributed by atoms with Crippen molar-refractivity contribution in [2.45, 2.75) is 35.8 Å². The van der Waals surface area contributed by atoms with Crippen LogP contribution in [0.15, 0.2) is 35.2 Å². The van der Waals surface area contributed by atoms with Gasteiger partial charge in [-0.15, -0.1) is 11.6 Å². The third-order valence-corrected chi connectivity index (χ3v) is 8.49. The Bertz CT molecular complexity index is 778. The van der Waals surface area contributed by atoms with Gasteiger partial charge in [-0.05, 0) is 26.0 Å². The van der Waals surface area contributed by atoms with Crippen LogP contribution in [-0.2, 0) is 33.2 Å². The molecule has 146 valence electrons. The molecule has 1 heterocycles.